The molecule has 5 aromatic rings. The van der Waals surface area contributed by atoms with Crippen molar-refractivity contribution in [1.82, 2.24) is 24.3 Å². The summed E-state index contributed by atoms with van der Waals surface area (Å²) in [6.45, 7) is 5.78. The zero-order chi connectivity index (χ0) is 31.0. The number of thiophene rings is 1. The molecule has 2 aromatic carbocycles. The van der Waals surface area contributed by atoms with Crippen LogP contribution in [0.25, 0.3) is 22.3 Å². The number of aromatic amines is 1. The van der Waals surface area contributed by atoms with Gasteiger partial charge in [0.2, 0.25) is 5.91 Å². The number of rotatable bonds is 7. The summed E-state index contributed by atoms with van der Waals surface area (Å²) in [6, 6.07) is 23.0. The monoisotopic (exact) mass is 621 g/mol. The van der Waals surface area contributed by atoms with Crippen molar-refractivity contribution in [3.05, 3.63) is 111 Å². The number of amides is 1. The van der Waals surface area contributed by atoms with Gasteiger partial charge in [-0.3, -0.25) is 19.1 Å². The van der Waals surface area contributed by atoms with Gasteiger partial charge in [-0.2, -0.15) is 11.3 Å². The molecule has 232 valence electrons. The zero-order valence-corrected chi connectivity index (χ0v) is 26.4. The predicted octanol–water partition coefficient (Wildman–Crippen LogP) is 5.42. The van der Waals surface area contributed by atoms with E-state index in [1.165, 1.54) is 27.6 Å². The quantitative estimate of drug-likeness (QED) is 0.253. The van der Waals surface area contributed by atoms with E-state index in [2.05, 4.69) is 70.3 Å². The van der Waals surface area contributed by atoms with Gasteiger partial charge in [0, 0.05) is 54.7 Å². The van der Waals surface area contributed by atoms with Crippen LogP contribution < -0.4 is 5.56 Å². The third-order valence-electron chi connectivity index (χ3n) is 9.69. The fourth-order valence-electron chi connectivity index (χ4n) is 7.03. The van der Waals surface area contributed by atoms with Crippen molar-refractivity contribution in [3.63, 3.8) is 0 Å². The second-order valence-corrected chi connectivity index (χ2v) is 13.6. The smallest absolute Gasteiger partial charge is 0.262 e. The van der Waals surface area contributed by atoms with Crippen molar-refractivity contribution in [2.24, 2.45) is 5.92 Å². The molecular weight excluding hydrogens is 582 g/mol. The molecule has 0 radical (unpaired) electrons. The minimum absolute atomic E-state index is 0.104. The molecule has 0 saturated carbocycles. The minimum atomic E-state index is -1.08. The van der Waals surface area contributed by atoms with Crippen molar-refractivity contribution in [1.29, 1.82) is 0 Å². The Kier molecular flexibility index (Phi) is 8.16. The Morgan fingerprint density at radius 2 is 1.84 bits per heavy atom. The molecule has 3 aromatic heterocycles. The molecule has 9 heteroatoms. The van der Waals surface area contributed by atoms with E-state index < -0.39 is 5.60 Å². The van der Waals surface area contributed by atoms with Crippen molar-refractivity contribution >= 4 is 28.3 Å². The summed E-state index contributed by atoms with van der Waals surface area (Å²) < 4.78 is 1.51. The van der Waals surface area contributed by atoms with Gasteiger partial charge in [0.15, 0.2) is 0 Å². The normalized spacial score (nSPS) is 20.4. The summed E-state index contributed by atoms with van der Waals surface area (Å²) in [4.78, 5) is 39.5. The Balaban J connectivity index is 1.02. The van der Waals surface area contributed by atoms with Crippen molar-refractivity contribution in [2.75, 3.05) is 26.2 Å². The Hall–Kier alpha value is -4.05. The third kappa shape index (κ3) is 6.25. The van der Waals surface area contributed by atoms with Gasteiger partial charge in [-0.25, -0.2) is 4.98 Å². The molecule has 45 heavy (non-hydrogen) atoms. The number of hydrogen-bond acceptors (Lipinski definition) is 6. The highest BCUT2D eigenvalue weighted by Gasteiger charge is 2.41. The number of fused-ring (bicyclic) bond motifs is 1. The molecule has 2 N–H and O–H groups in total. The number of nitrogens with one attached hydrogen (secondary N) is 1. The van der Waals surface area contributed by atoms with Crippen LogP contribution in [0.15, 0.2) is 88.6 Å². The minimum Gasteiger partial charge on any atom is -0.388 e. The van der Waals surface area contributed by atoms with E-state index in [1.807, 2.05) is 33.9 Å². The van der Waals surface area contributed by atoms with Crippen LogP contribution in [0.3, 0.4) is 0 Å². The molecule has 2 fully saturated rings. The Bertz CT molecular complexity index is 1820. The maximum atomic E-state index is 14.1. The van der Waals surface area contributed by atoms with E-state index in [0.717, 1.165) is 37.3 Å². The average Bonchev–Trinajstić information content (AvgIpc) is 3.75. The summed E-state index contributed by atoms with van der Waals surface area (Å²) in [5, 5.41) is 16.1. The zero-order valence-electron chi connectivity index (χ0n) is 25.6. The number of piperidine rings is 2. The van der Waals surface area contributed by atoms with Crippen LogP contribution in [-0.2, 0) is 17.9 Å². The lowest BCUT2D eigenvalue weighted by molar-refractivity contribution is -0.142. The van der Waals surface area contributed by atoms with Crippen LogP contribution >= 0.6 is 11.3 Å². The number of aryl methyl sites for hydroxylation is 1. The molecule has 0 bridgehead atoms. The third-order valence-corrected chi connectivity index (χ3v) is 10.4. The molecule has 7 rings (SSSR count). The summed E-state index contributed by atoms with van der Waals surface area (Å²) in [6.07, 6.45) is 3.15. The number of carbonyl (C=O) groups excluding carboxylic acids is 1. The SMILES string of the molecule is Cc1ccc(CN2CC[C@@H](C(=O)N3CCC(O)(Cn4cnc5[nH]c(-c6ccsc6)cc5c4=O)CC3)[C@H](c3ccccc3)C2)cc1. The Morgan fingerprint density at radius 3 is 2.58 bits per heavy atom. The van der Waals surface area contributed by atoms with Crippen molar-refractivity contribution in [3.8, 4) is 11.3 Å². The highest BCUT2D eigenvalue weighted by Crippen LogP contribution is 2.36. The van der Waals surface area contributed by atoms with Gasteiger partial charge < -0.3 is 15.0 Å². The van der Waals surface area contributed by atoms with Gasteiger partial charge in [0.05, 0.1) is 23.9 Å². The molecule has 0 aliphatic carbocycles. The first-order chi connectivity index (χ1) is 21.8. The van der Waals surface area contributed by atoms with Gasteiger partial charge in [-0.1, -0.05) is 60.2 Å². The van der Waals surface area contributed by atoms with Gasteiger partial charge >= 0.3 is 0 Å². The molecular formula is C36H39N5O3S. The Labute approximate surface area is 267 Å². The lowest BCUT2D eigenvalue weighted by Gasteiger charge is -2.43. The molecule has 2 atom stereocenters. The molecule has 2 aliphatic rings. The molecule has 2 saturated heterocycles. The van der Waals surface area contributed by atoms with Crippen molar-refractivity contribution < 1.29 is 9.90 Å². The summed E-state index contributed by atoms with van der Waals surface area (Å²) in [5.41, 5.74) is 4.91. The summed E-state index contributed by atoms with van der Waals surface area (Å²) in [5.74, 6) is 0.179. The number of aromatic nitrogens is 3. The van der Waals surface area contributed by atoms with E-state index in [0.29, 0.717) is 37.0 Å². The maximum Gasteiger partial charge on any atom is 0.262 e. The first kappa shape index (κ1) is 29.6. The Morgan fingerprint density at radius 1 is 1.07 bits per heavy atom. The van der Waals surface area contributed by atoms with Crippen LogP contribution in [0.4, 0.5) is 0 Å². The van der Waals surface area contributed by atoms with E-state index in [4.69, 9.17) is 0 Å². The molecule has 8 nitrogen and oxygen atoms in total. The summed E-state index contributed by atoms with van der Waals surface area (Å²) >= 11 is 1.60. The highest BCUT2D eigenvalue weighted by atomic mass is 32.1. The highest BCUT2D eigenvalue weighted by molar-refractivity contribution is 7.08. The van der Waals surface area contributed by atoms with Crippen LogP contribution in [-0.4, -0.2) is 67.1 Å². The summed E-state index contributed by atoms with van der Waals surface area (Å²) in [7, 11) is 0. The lowest BCUT2D eigenvalue weighted by Crippen LogP contribution is -2.53. The maximum absolute atomic E-state index is 14.1. The molecule has 2 aliphatic heterocycles. The standard InChI is InChI=1S/C36H39N5O3S/c1-25-7-9-26(10-8-25)20-39-15-11-29(31(21-39)27-5-3-2-4-6-27)34(42)40-16-13-36(44,14-17-40)23-41-24-37-33-30(35(41)43)19-32(38-33)28-12-18-45-22-28/h2-10,12,18-19,22,24,29,31,38,44H,11,13-17,20-21,23H2,1H3/t29-,31+/m1/s1. The van der Waals surface area contributed by atoms with Crippen LogP contribution in [0, 0.1) is 12.8 Å². The van der Waals surface area contributed by atoms with Crippen LogP contribution in [0.5, 0.6) is 0 Å². The van der Waals surface area contributed by atoms with E-state index >= 15 is 0 Å². The molecule has 5 heterocycles. The first-order valence-electron chi connectivity index (χ1n) is 15.8. The van der Waals surface area contributed by atoms with Crippen LogP contribution in [0.2, 0.25) is 0 Å². The number of likely N-dealkylation sites (tertiary alicyclic amines) is 2. The number of nitrogens with zero attached hydrogens (tertiary/aromatic N) is 4. The van der Waals surface area contributed by atoms with Crippen LogP contribution in [0.1, 0.15) is 41.9 Å². The van der Waals surface area contributed by atoms with Gasteiger partial charge in [-0.05, 0) is 61.4 Å². The topological polar surface area (TPSA) is 94.5 Å². The average molecular weight is 622 g/mol. The van der Waals surface area contributed by atoms with E-state index in [-0.39, 0.29) is 29.8 Å². The van der Waals surface area contributed by atoms with Crippen molar-refractivity contribution in [2.45, 2.75) is 50.8 Å². The predicted molar refractivity (Wildman–Crippen MR) is 178 cm³/mol. The molecule has 0 spiro atoms. The van der Waals surface area contributed by atoms with E-state index in [1.54, 1.807) is 11.3 Å². The van der Waals surface area contributed by atoms with Gasteiger partial charge in [-0.15, -0.1) is 0 Å². The second-order valence-electron chi connectivity index (χ2n) is 12.8. The van der Waals surface area contributed by atoms with Gasteiger partial charge in [0.1, 0.15) is 5.65 Å². The largest absolute Gasteiger partial charge is 0.388 e. The number of aliphatic hydroxyl groups is 1. The fourth-order valence-corrected chi connectivity index (χ4v) is 7.69. The first-order valence-corrected chi connectivity index (χ1v) is 16.7. The number of benzene rings is 2. The van der Waals surface area contributed by atoms with Gasteiger partial charge in [0.25, 0.3) is 5.56 Å². The second kappa shape index (κ2) is 12.4. The number of H-pyrrole nitrogens is 1. The molecule has 0 unspecified atom stereocenters. The molecule has 1 amide bonds. The number of hydrogen-bond donors (Lipinski definition) is 2. The lowest BCUT2D eigenvalue weighted by atomic mass is 9.79. The fraction of sp³-hybridized carbons (Fsp3) is 0.361. The number of carbonyl (C=O) groups is 1. The van der Waals surface area contributed by atoms with E-state index in [9.17, 15) is 14.7 Å².